The minimum atomic E-state index is -0.377. The van der Waals surface area contributed by atoms with Crippen molar-refractivity contribution >= 4 is 22.5 Å². The minimum Gasteiger partial charge on any atom is -0.349 e. The van der Waals surface area contributed by atoms with Crippen LogP contribution in [0.1, 0.15) is 18.4 Å². The molecule has 3 aromatic rings. The number of Topliss-reactive ketones (excluding diaryl/α,β-unsaturated/α-hetero) is 1. The van der Waals surface area contributed by atoms with E-state index >= 15 is 0 Å². The van der Waals surface area contributed by atoms with Crippen LogP contribution in [0, 0.1) is 12.7 Å². The van der Waals surface area contributed by atoms with Gasteiger partial charge in [-0.3, -0.25) is 4.79 Å². The molecule has 1 fully saturated rings. The number of nitrogens with zero attached hydrogens (tertiary/aromatic N) is 3. The first-order valence-electron chi connectivity index (χ1n) is 8.40. The minimum absolute atomic E-state index is 0.186. The molecule has 0 radical (unpaired) electrons. The van der Waals surface area contributed by atoms with Crippen molar-refractivity contribution in [2.75, 3.05) is 18.0 Å². The van der Waals surface area contributed by atoms with Gasteiger partial charge in [-0.1, -0.05) is 35.9 Å². The molecule has 2 aromatic carbocycles. The summed E-state index contributed by atoms with van der Waals surface area (Å²) in [5, 5.41) is 0.668. The van der Waals surface area contributed by atoms with Gasteiger partial charge in [0.2, 0.25) is 0 Å². The Morgan fingerprint density at radius 1 is 1.08 bits per heavy atom. The van der Waals surface area contributed by atoms with Crippen molar-refractivity contribution in [3.05, 3.63) is 54.1 Å². The number of aryl methyl sites for hydroxylation is 1. The lowest BCUT2D eigenvalue weighted by Crippen LogP contribution is -2.36. The predicted octanol–water partition coefficient (Wildman–Crippen LogP) is 3.91. The zero-order valence-electron chi connectivity index (χ0n) is 14.0. The summed E-state index contributed by atoms with van der Waals surface area (Å²) in [4.78, 5) is 22.4. The summed E-state index contributed by atoms with van der Waals surface area (Å²) in [6.07, 6.45) is 2.76. The van der Waals surface area contributed by atoms with E-state index in [1.807, 2.05) is 36.1 Å². The van der Waals surface area contributed by atoms with Gasteiger partial charge in [0.05, 0.1) is 11.9 Å². The van der Waals surface area contributed by atoms with Crippen molar-refractivity contribution in [2.45, 2.75) is 19.8 Å². The number of piperidine rings is 1. The monoisotopic (exact) mass is 335 g/mol. The molecular weight excluding hydrogens is 317 g/mol. The highest BCUT2D eigenvalue weighted by Gasteiger charge is 2.23. The molecule has 25 heavy (non-hydrogen) atoms. The number of hydrogen-bond donors (Lipinski definition) is 0. The Kier molecular flexibility index (Phi) is 3.92. The Bertz CT molecular complexity index is 953. The van der Waals surface area contributed by atoms with Crippen LogP contribution in [0.2, 0.25) is 0 Å². The molecule has 1 saturated heterocycles. The Morgan fingerprint density at radius 3 is 2.64 bits per heavy atom. The van der Waals surface area contributed by atoms with E-state index in [1.54, 1.807) is 6.07 Å². The van der Waals surface area contributed by atoms with E-state index in [4.69, 9.17) is 0 Å². The lowest BCUT2D eigenvalue weighted by Gasteiger charge is -2.28. The molecule has 0 aliphatic carbocycles. The molecule has 2 heterocycles. The third-order valence-corrected chi connectivity index (χ3v) is 4.63. The zero-order valence-corrected chi connectivity index (χ0v) is 14.0. The average Bonchev–Trinajstić information content (AvgIpc) is 2.63. The number of aromatic nitrogens is 2. The first-order valence-corrected chi connectivity index (χ1v) is 8.40. The second-order valence-corrected chi connectivity index (χ2v) is 6.45. The fourth-order valence-electron chi connectivity index (χ4n) is 3.36. The normalized spacial score (nSPS) is 15.0. The van der Waals surface area contributed by atoms with Crippen LogP contribution in [-0.4, -0.2) is 28.8 Å². The van der Waals surface area contributed by atoms with Gasteiger partial charge >= 0.3 is 0 Å². The number of carbonyl (C=O) groups excluding carboxylic acids is 1. The quantitative estimate of drug-likeness (QED) is 0.712. The summed E-state index contributed by atoms with van der Waals surface area (Å²) < 4.78 is 14.4. The number of benzene rings is 2. The maximum Gasteiger partial charge on any atom is 0.152 e. The van der Waals surface area contributed by atoms with Gasteiger partial charge in [-0.25, -0.2) is 14.4 Å². The molecule has 0 saturated carbocycles. The van der Waals surface area contributed by atoms with Gasteiger partial charge in [-0.2, -0.15) is 0 Å². The van der Waals surface area contributed by atoms with Gasteiger partial charge in [-0.15, -0.1) is 0 Å². The van der Waals surface area contributed by atoms with Crippen molar-refractivity contribution in [2.24, 2.45) is 0 Å². The van der Waals surface area contributed by atoms with Crippen molar-refractivity contribution < 1.29 is 9.18 Å². The summed E-state index contributed by atoms with van der Waals surface area (Å²) >= 11 is 0. The molecule has 0 spiro atoms. The highest BCUT2D eigenvalue weighted by molar-refractivity contribution is 6.03. The van der Waals surface area contributed by atoms with Crippen LogP contribution < -0.4 is 4.90 Å². The molecule has 1 aliphatic heterocycles. The van der Waals surface area contributed by atoms with Crippen molar-refractivity contribution in [3.63, 3.8) is 0 Å². The molecule has 4 nitrogen and oxygen atoms in total. The molecule has 1 aliphatic rings. The summed E-state index contributed by atoms with van der Waals surface area (Å²) in [5.41, 5.74) is 3.31. The first-order chi connectivity index (χ1) is 12.1. The SMILES string of the molecule is Cc1ccc(-c2ccc(F)c3ncnc(N4CCCC(=O)C4)c23)cc1. The molecule has 0 amide bonds. The molecule has 4 rings (SSSR count). The topological polar surface area (TPSA) is 46.1 Å². The number of ketones is 1. The summed E-state index contributed by atoms with van der Waals surface area (Å²) in [5.74, 6) is 0.442. The highest BCUT2D eigenvalue weighted by atomic mass is 19.1. The fourth-order valence-corrected chi connectivity index (χ4v) is 3.36. The van der Waals surface area contributed by atoms with Gasteiger partial charge < -0.3 is 4.90 Å². The van der Waals surface area contributed by atoms with Crippen LogP contribution >= 0.6 is 0 Å². The molecule has 0 N–H and O–H groups in total. The van der Waals surface area contributed by atoms with Gasteiger partial charge in [0, 0.05) is 13.0 Å². The number of rotatable bonds is 2. The van der Waals surface area contributed by atoms with Crippen LogP contribution in [0.3, 0.4) is 0 Å². The Balaban J connectivity index is 1.95. The van der Waals surface area contributed by atoms with Crippen LogP contribution in [0.25, 0.3) is 22.0 Å². The predicted molar refractivity (Wildman–Crippen MR) is 96.1 cm³/mol. The van der Waals surface area contributed by atoms with E-state index < -0.39 is 0 Å². The smallest absolute Gasteiger partial charge is 0.152 e. The molecular formula is C20H18FN3O. The van der Waals surface area contributed by atoms with Crippen LogP contribution in [0.5, 0.6) is 0 Å². The molecule has 126 valence electrons. The third-order valence-electron chi connectivity index (χ3n) is 4.63. The Hall–Kier alpha value is -2.82. The fraction of sp³-hybridized carbons (Fsp3) is 0.250. The summed E-state index contributed by atoms with van der Waals surface area (Å²) in [6.45, 7) is 3.08. The van der Waals surface area contributed by atoms with E-state index in [-0.39, 0.29) is 11.6 Å². The lowest BCUT2D eigenvalue weighted by molar-refractivity contribution is -0.118. The van der Waals surface area contributed by atoms with Crippen molar-refractivity contribution in [1.82, 2.24) is 9.97 Å². The summed E-state index contributed by atoms with van der Waals surface area (Å²) in [6, 6.07) is 11.3. The van der Waals surface area contributed by atoms with Crippen molar-refractivity contribution in [1.29, 1.82) is 0 Å². The third kappa shape index (κ3) is 2.86. The molecule has 0 atom stereocenters. The average molecular weight is 335 g/mol. The van der Waals surface area contributed by atoms with Gasteiger partial charge in [0.1, 0.15) is 23.5 Å². The maximum atomic E-state index is 14.4. The van der Waals surface area contributed by atoms with Crippen LogP contribution in [0.4, 0.5) is 10.2 Å². The van der Waals surface area contributed by atoms with Gasteiger partial charge in [0.25, 0.3) is 0 Å². The number of anilines is 1. The lowest BCUT2D eigenvalue weighted by atomic mass is 9.98. The van der Waals surface area contributed by atoms with Crippen molar-refractivity contribution in [3.8, 4) is 11.1 Å². The van der Waals surface area contributed by atoms with E-state index in [0.717, 1.165) is 29.7 Å². The number of carbonyl (C=O) groups is 1. The summed E-state index contributed by atoms with van der Waals surface area (Å²) in [7, 11) is 0. The first kappa shape index (κ1) is 15.7. The Labute approximate surface area is 145 Å². The molecule has 0 bridgehead atoms. The van der Waals surface area contributed by atoms with E-state index in [9.17, 15) is 9.18 Å². The van der Waals surface area contributed by atoms with Gasteiger partial charge in [-0.05, 0) is 30.5 Å². The number of halogens is 1. The zero-order chi connectivity index (χ0) is 17.4. The number of hydrogen-bond acceptors (Lipinski definition) is 4. The van der Waals surface area contributed by atoms with E-state index in [1.165, 1.54) is 12.4 Å². The molecule has 5 heteroatoms. The second-order valence-electron chi connectivity index (χ2n) is 6.45. The van der Waals surface area contributed by atoms with E-state index in [0.29, 0.717) is 29.7 Å². The van der Waals surface area contributed by atoms with E-state index in [2.05, 4.69) is 9.97 Å². The van der Waals surface area contributed by atoms with Crippen LogP contribution in [0.15, 0.2) is 42.7 Å². The maximum absolute atomic E-state index is 14.4. The highest BCUT2D eigenvalue weighted by Crippen LogP contribution is 2.35. The van der Waals surface area contributed by atoms with Crippen LogP contribution in [-0.2, 0) is 4.79 Å². The standard InChI is InChI=1S/C20H18FN3O/c1-13-4-6-14(7-5-13)16-8-9-17(21)19-18(16)20(23-12-22-19)24-10-2-3-15(25)11-24/h4-9,12H,2-3,10-11H2,1H3. The second kappa shape index (κ2) is 6.24. The number of fused-ring (bicyclic) bond motifs is 1. The Morgan fingerprint density at radius 2 is 1.88 bits per heavy atom. The van der Waals surface area contributed by atoms with Gasteiger partial charge in [0.15, 0.2) is 5.78 Å². The molecule has 0 unspecified atom stereocenters. The molecule has 1 aromatic heterocycles. The largest absolute Gasteiger partial charge is 0.349 e.